The molecule has 0 bridgehead atoms. The van der Waals surface area contributed by atoms with Crippen molar-refractivity contribution in [1.29, 1.82) is 0 Å². The zero-order valence-corrected chi connectivity index (χ0v) is 14.0. The summed E-state index contributed by atoms with van der Waals surface area (Å²) in [5.74, 6) is -1.61. The summed E-state index contributed by atoms with van der Waals surface area (Å²) in [7, 11) is -1.68. The number of rotatable bonds is 6. The lowest BCUT2D eigenvalue weighted by atomic mass is 10.1. The van der Waals surface area contributed by atoms with Crippen molar-refractivity contribution in [3.05, 3.63) is 34.9 Å². The molecule has 22 heavy (non-hydrogen) atoms. The Morgan fingerprint density at radius 1 is 1.23 bits per heavy atom. The summed E-state index contributed by atoms with van der Waals surface area (Å²) < 4.78 is 23.3. The van der Waals surface area contributed by atoms with Crippen LogP contribution in [0.3, 0.4) is 0 Å². The van der Waals surface area contributed by atoms with Gasteiger partial charge in [0.25, 0.3) is 5.91 Å². The van der Waals surface area contributed by atoms with E-state index >= 15 is 0 Å². The minimum atomic E-state index is -3.20. The van der Waals surface area contributed by atoms with Gasteiger partial charge in [0.15, 0.2) is 9.84 Å². The summed E-state index contributed by atoms with van der Waals surface area (Å²) in [4.78, 5) is 24.8. The molecular formula is C15H21NO5S. The average molecular weight is 327 g/mol. The topological polar surface area (TPSA) is 91.8 Å². The standard InChI is InChI=1S/C15H21NO5S/c1-5-22(20,21)9-11(3)16(4)14(17)12-6-10(2)7-13(8-12)15(18)19/h6-8,11H,5,9H2,1-4H3,(H,18,19). The van der Waals surface area contributed by atoms with E-state index in [-0.39, 0.29) is 22.6 Å². The first-order valence-corrected chi connectivity index (χ1v) is 8.72. The first-order chi connectivity index (χ1) is 10.1. The van der Waals surface area contributed by atoms with Crippen molar-refractivity contribution < 1.29 is 23.1 Å². The Kier molecular flexibility index (Phi) is 5.71. The highest BCUT2D eigenvalue weighted by molar-refractivity contribution is 7.91. The molecule has 122 valence electrons. The number of amides is 1. The molecule has 0 fully saturated rings. The number of nitrogens with zero attached hydrogens (tertiary/aromatic N) is 1. The van der Waals surface area contributed by atoms with Crippen molar-refractivity contribution in [2.45, 2.75) is 26.8 Å². The molecule has 1 rings (SSSR count). The molecule has 0 aliphatic rings. The second-order valence-electron chi connectivity index (χ2n) is 5.36. The smallest absolute Gasteiger partial charge is 0.335 e. The molecule has 1 aromatic carbocycles. The van der Waals surface area contributed by atoms with Crippen molar-refractivity contribution in [1.82, 2.24) is 4.90 Å². The van der Waals surface area contributed by atoms with E-state index in [0.717, 1.165) is 0 Å². The van der Waals surface area contributed by atoms with Crippen molar-refractivity contribution in [2.24, 2.45) is 0 Å². The third-order valence-electron chi connectivity index (χ3n) is 3.49. The van der Waals surface area contributed by atoms with Gasteiger partial charge in [0.2, 0.25) is 0 Å². The summed E-state index contributed by atoms with van der Waals surface area (Å²) in [6, 6.07) is 3.87. The van der Waals surface area contributed by atoms with E-state index < -0.39 is 27.8 Å². The molecule has 7 heteroatoms. The Balaban J connectivity index is 3.03. The third-order valence-corrected chi connectivity index (χ3v) is 5.36. The van der Waals surface area contributed by atoms with Gasteiger partial charge in [0.1, 0.15) is 0 Å². The molecule has 0 saturated carbocycles. The van der Waals surface area contributed by atoms with Gasteiger partial charge in [-0.25, -0.2) is 13.2 Å². The number of carboxylic acids is 1. The number of benzene rings is 1. The Morgan fingerprint density at radius 2 is 1.77 bits per heavy atom. The highest BCUT2D eigenvalue weighted by Gasteiger charge is 2.23. The number of carboxylic acid groups (broad SMARTS) is 1. The van der Waals surface area contributed by atoms with Crippen LogP contribution in [-0.2, 0) is 9.84 Å². The fourth-order valence-electron chi connectivity index (χ4n) is 2.03. The van der Waals surface area contributed by atoms with Gasteiger partial charge in [-0.3, -0.25) is 4.79 Å². The van der Waals surface area contributed by atoms with E-state index in [9.17, 15) is 18.0 Å². The molecule has 6 nitrogen and oxygen atoms in total. The number of sulfone groups is 1. The molecule has 0 aromatic heterocycles. The van der Waals surface area contributed by atoms with Crippen molar-refractivity contribution >= 4 is 21.7 Å². The van der Waals surface area contributed by atoms with Gasteiger partial charge < -0.3 is 10.0 Å². The normalized spacial score (nSPS) is 12.7. The lowest BCUT2D eigenvalue weighted by Crippen LogP contribution is -2.39. The zero-order chi connectivity index (χ0) is 17.1. The molecule has 0 heterocycles. The molecular weight excluding hydrogens is 306 g/mol. The molecule has 0 saturated heterocycles. The second kappa shape index (κ2) is 6.91. The molecule has 0 aliphatic heterocycles. The van der Waals surface area contributed by atoms with Gasteiger partial charge in [-0.05, 0) is 37.6 Å². The number of hydrogen-bond acceptors (Lipinski definition) is 4. The first kappa shape index (κ1) is 18.2. The summed E-state index contributed by atoms with van der Waals surface area (Å²) in [6.45, 7) is 4.91. The van der Waals surface area contributed by atoms with E-state index in [2.05, 4.69) is 0 Å². The van der Waals surface area contributed by atoms with Crippen molar-refractivity contribution in [2.75, 3.05) is 18.6 Å². The minimum absolute atomic E-state index is 0.0208. The molecule has 0 radical (unpaired) electrons. The third kappa shape index (κ3) is 4.56. The van der Waals surface area contributed by atoms with Crippen LogP contribution < -0.4 is 0 Å². The molecule has 1 aromatic rings. The monoisotopic (exact) mass is 327 g/mol. The number of carbonyl (C=O) groups is 2. The van der Waals surface area contributed by atoms with Gasteiger partial charge in [0.05, 0.1) is 11.3 Å². The van der Waals surface area contributed by atoms with Gasteiger partial charge in [-0.1, -0.05) is 6.92 Å². The summed E-state index contributed by atoms with van der Waals surface area (Å²) >= 11 is 0. The minimum Gasteiger partial charge on any atom is -0.478 e. The maximum Gasteiger partial charge on any atom is 0.335 e. The van der Waals surface area contributed by atoms with Crippen LogP contribution in [0.5, 0.6) is 0 Å². The number of carbonyl (C=O) groups excluding carboxylic acids is 1. The SMILES string of the molecule is CCS(=O)(=O)CC(C)N(C)C(=O)c1cc(C)cc(C(=O)O)c1. The number of aromatic carboxylic acids is 1. The maximum atomic E-state index is 12.4. The molecule has 1 amide bonds. The van der Waals surface area contributed by atoms with E-state index in [4.69, 9.17) is 5.11 Å². The number of aryl methyl sites for hydroxylation is 1. The van der Waals surface area contributed by atoms with Gasteiger partial charge in [-0.15, -0.1) is 0 Å². The van der Waals surface area contributed by atoms with E-state index in [1.807, 2.05) is 0 Å². The zero-order valence-electron chi connectivity index (χ0n) is 13.2. The van der Waals surface area contributed by atoms with Crippen LogP contribution in [0.4, 0.5) is 0 Å². The van der Waals surface area contributed by atoms with E-state index in [1.165, 1.54) is 24.1 Å². The van der Waals surface area contributed by atoms with Crippen LogP contribution in [0, 0.1) is 6.92 Å². The van der Waals surface area contributed by atoms with Crippen LogP contribution in [-0.4, -0.2) is 54.9 Å². The van der Waals surface area contributed by atoms with Crippen molar-refractivity contribution in [3.8, 4) is 0 Å². The summed E-state index contributed by atoms with van der Waals surface area (Å²) in [6.07, 6.45) is 0. The molecule has 1 N–H and O–H groups in total. The quantitative estimate of drug-likeness (QED) is 0.856. The lowest BCUT2D eigenvalue weighted by Gasteiger charge is -2.25. The highest BCUT2D eigenvalue weighted by Crippen LogP contribution is 2.14. The van der Waals surface area contributed by atoms with Crippen LogP contribution in [0.2, 0.25) is 0 Å². The second-order valence-corrected chi connectivity index (χ2v) is 7.75. The van der Waals surface area contributed by atoms with Gasteiger partial charge in [-0.2, -0.15) is 0 Å². The average Bonchev–Trinajstić information content (AvgIpc) is 2.44. The Labute approximate surface area is 130 Å². The summed E-state index contributed by atoms with van der Waals surface area (Å²) in [5.41, 5.74) is 0.928. The Hall–Kier alpha value is -1.89. The molecule has 0 aliphatic carbocycles. The van der Waals surface area contributed by atoms with Crippen LogP contribution in [0.15, 0.2) is 18.2 Å². The predicted octanol–water partition coefficient (Wildman–Crippen LogP) is 1.59. The summed E-state index contributed by atoms with van der Waals surface area (Å²) in [5, 5.41) is 9.04. The highest BCUT2D eigenvalue weighted by atomic mass is 32.2. The first-order valence-electron chi connectivity index (χ1n) is 6.90. The molecule has 1 atom stereocenters. The molecule has 1 unspecified atom stereocenters. The van der Waals surface area contributed by atoms with Crippen molar-refractivity contribution in [3.63, 3.8) is 0 Å². The van der Waals surface area contributed by atoms with Gasteiger partial charge >= 0.3 is 5.97 Å². The fraction of sp³-hybridized carbons (Fsp3) is 0.467. The Morgan fingerprint density at radius 3 is 2.27 bits per heavy atom. The maximum absolute atomic E-state index is 12.4. The van der Waals surface area contributed by atoms with Crippen LogP contribution in [0.1, 0.15) is 40.1 Å². The van der Waals surface area contributed by atoms with Gasteiger partial charge in [0, 0.05) is 24.4 Å². The lowest BCUT2D eigenvalue weighted by molar-refractivity contribution is 0.0696. The van der Waals surface area contributed by atoms with E-state index in [1.54, 1.807) is 26.8 Å². The van der Waals surface area contributed by atoms with Crippen LogP contribution >= 0.6 is 0 Å². The van der Waals surface area contributed by atoms with E-state index in [0.29, 0.717) is 5.56 Å². The fourth-order valence-corrected chi connectivity index (χ4v) is 3.23. The largest absolute Gasteiger partial charge is 0.478 e. The van der Waals surface area contributed by atoms with Crippen LogP contribution in [0.25, 0.3) is 0 Å². The number of hydrogen-bond donors (Lipinski definition) is 1. The Bertz CT molecular complexity index is 681. The molecule has 0 spiro atoms. The predicted molar refractivity (Wildman–Crippen MR) is 84.0 cm³/mol.